The highest BCUT2D eigenvalue weighted by Gasteiger charge is 2.38. The van der Waals surface area contributed by atoms with Gasteiger partial charge in [0, 0.05) is 31.4 Å². The van der Waals surface area contributed by atoms with Crippen molar-refractivity contribution in [1.82, 2.24) is 9.30 Å². The number of para-hydroxylation sites is 1. The van der Waals surface area contributed by atoms with Crippen LogP contribution in [-0.2, 0) is 12.0 Å². The van der Waals surface area contributed by atoms with Crippen molar-refractivity contribution in [3.8, 4) is 11.8 Å². The first-order valence-corrected chi connectivity index (χ1v) is 10.1. The summed E-state index contributed by atoms with van der Waals surface area (Å²) in [7, 11) is 1.61. The summed E-state index contributed by atoms with van der Waals surface area (Å²) in [6, 6.07) is 17.0. The van der Waals surface area contributed by atoms with Crippen LogP contribution < -0.4 is 10.3 Å². The van der Waals surface area contributed by atoms with Crippen LogP contribution in [0, 0.1) is 11.3 Å². The number of carboxylic acids is 1. The molecule has 0 radical (unpaired) electrons. The minimum Gasteiger partial charge on any atom is -0.496 e. The van der Waals surface area contributed by atoms with Crippen molar-refractivity contribution in [2.24, 2.45) is 0 Å². The van der Waals surface area contributed by atoms with E-state index in [1.807, 2.05) is 36.4 Å². The van der Waals surface area contributed by atoms with Gasteiger partial charge in [0.2, 0.25) is 0 Å². The number of carbonyl (C=O) groups is 1. The molecule has 7 heteroatoms. The maximum atomic E-state index is 12.5. The molecule has 0 bridgehead atoms. The molecule has 0 atom stereocenters. The van der Waals surface area contributed by atoms with E-state index >= 15 is 0 Å². The van der Waals surface area contributed by atoms with Gasteiger partial charge in [-0.2, -0.15) is 5.26 Å². The third-order valence-electron chi connectivity index (χ3n) is 6.13. The molecule has 1 aromatic carbocycles. The lowest BCUT2D eigenvalue weighted by molar-refractivity contribution is 0.0694. The molecule has 3 heterocycles. The molecule has 158 valence electrons. The van der Waals surface area contributed by atoms with Crippen molar-refractivity contribution in [2.45, 2.75) is 24.8 Å². The summed E-state index contributed by atoms with van der Waals surface area (Å²) >= 11 is 0. The van der Waals surface area contributed by atoms with Crippen molar-refractivity contribution in [2.75, 3.05) is 20.2 Å². The first kappa shape index (κ1) is 20.6. The van der Waals surface area contributed by atoms with Gasteiger partial charge in [-0.1, -0.05) is 24.3 Å². The Morgan fingerprint density at radius 2 is 1.90 bits per heavy atom. The predicted octanol–water partition coefficient (Wildman–Crippen LogP) is 3.06. The lowest BCUT2D eigenvalue weighted by Gasteiger charge is -2.38. The van der Waals surface area contributed by atoms with Gasteiger partial charge in [-0.25, -0.2) is 4.79 Å². The van der Waals surface area contributed by atoms with Crippen LogP contribution in [0.4, 0.5) is 0 Å². The number of fused-ring (bicyclic) bond motifs is 1. The quantitative estimate of drug-likeness (QED) is 0.686. The molecule has 0 unspecified atom stereocenters. The van der Waals surface area contributed by atoms with Crippen molar-refractivity contribution >= 4 is 11.5 Å². The van der Waals surface area contributed by atoms with Gasteiger partial charge in [0.15, 0.2) is 0 Å². The third kappa shape index (κ3) is 3.66. The summed E-state index contributed by atoms with van der Waals surface area (Å²) in [5, 5.41) is 19.5. The number of carboxylic acid groups (broad SMARTS) is 1. The van der Waals surface area contributed by atoms with E-state index in [1.165, 1.54) is 10.5 Å². The highest BCUT2D eigenvalue weighted by atomic mass is 16.5. The number of ether oxygens (including phenoxy) is 1. The maximum absolute atomic E-state index is 12.5. The summed E-state index contributed by atoms with van der Waals surface area (Å²) in [5.41, 5.74) is 0.981. The molecule has 1 aliphatic heterocycles. The maximum Gasteiger partial charge on any atom is 0.341 e. The first-order valence-electron chi connectivity index (χ1n) is 10.1. The van der Waals surface area contributed by atoms with E-state index < -0.39 is 16.9 Å². The second kappa shape index (κ2) is 8.25. The molecule has 1 fully saturated rings. The summed E-state index contributed by atoms with van der Waals surface area (Å²) in [6.45, 7) is 1.85. The molecule has 2 aromatic heterocycles. The molecule has 0 saturated carbocycles. The number of aromatic nitrogens is 1. The number of pyridine rings is 2. The number of aromatic carboxylic acids is 1. The number of benzene rings is 1. The summed E-state index contributed by atoms with van der Waals surface area (Å²) < 4.78 is 6.88. The van der Waals surface area contributed by atoms with Crippen LogP contribution >= 0.6 is 0 Å². The molecule has 1 aliphatic rings. The van der Waals surface area contributed by atoms with Gasteiger partial charge < -0.3 is 9.84 Å². The lowest BCUT2D eigenvalue weighted by Crippen LogP contribution is -2.42. The highest BCUT2D eigenvalue weighted by molar-refractivity contribution is 5.88. The number of likely N-dealkylation sites (tertiary alicyclic amines) is 1. The smallest absolute Gasteiger partial charge is 0.341 e. The molecule has 0 amide bonds. The van der Waals surface area contributed by atoms with Gasteiger partial charge in [0.1, 0.15) is 11.3 Å². The van der Waals surface area contributed by atoms with Crippen LogP contribution in [-0.4, -0.2) is 40.6 Å². The zero-order valence-electron chi connectivity index (χ0n) is 17.2. The largest absolute Gasteiger partial charge is 0.496 e. The molecule has 1 saturated heterocycles. The molecular weight excluding hydrogens is 394 g/mol. The molecule has 0 spiro atoms. The SMILES string of the molecule is COc1ccccc1C1(C#N)CCN(Cc2cc(C(=O)O)c(=O)n3ccccc23)CC1. The monoisotopic (exact) mass is 417 g/mol. The van der Waals surface area contributed by atoms with Crippen LogP contribution in [0.2, 0.25) is 0 Å². The molecule has 3 aromatic rings. The fourth-order valence-electron chi connectivity index (χ4n) is 4.42. The summed E-state index contributed by atoms with van der Waals surface area (Å²) in [5.74, 6) is -0.514. The zero-order chi connectivity index (χ0) is 22.0. The minimum atomic E-state index is -1.23. The van der Waals surface area contributed by atoms with E-state index in [0.29, 0.717) is 38.0 Å². The average molecular weight is 417 g/mol. The molecular formula is C24H23N3O4. The fourth-order valence-corrected chi connectivity index (χ4v) is 4.42. The number of methoxy groups -OCH3 is 1. The number of rotatable bonds is 5. The van der Waals surface area contributed by atoms with Gasteiger partial charge in [-0.05, 0) is 42.7 Å². The normalized spacial score (nSPS) is 16.0. The highest BCUT2D eigenvalue weighted by Crippen LogP contribution is 2.40. The van der Waals surface area contributed by atoms with E-state index in [4.69, 9.17) is 4.74 Å². The Morgan fingerprint density at radius 1 is 1.19 bits per heavy atom. The Labute approximate surface area is 179 Å². The van der Waals surface area contributed by atoms with Gasteiger partial charge in [0.25, 0.3) is 5.56 Å². The lowest BCUT2D eigenvalue weighted by atomic mass is 9.73. The van der Waals surface area contributed by atoms with Crippen molar-refractivity contribution < 1.29 is 14.6 Å². The number of hydrogen-bond donors (Lipinski definition) is 1. The summed E-state index contributed by atoms with van der Waals surface area (Å²) in [6.07, 6.45) is 2.87. The van der Waals surface area contributed by atoms with Gasteiger partial charge in [0.05, 0.1) is 24.1 Å². The van der Waals surface area contributed by atoms with Crippen molar-refractivity contribution in [1.29, 1.82) is 5.26 Å². The summed E-state index contributed by atoms with van der Waals surface area (Å²) in [4.78, 5) is 26.3. The van der Waals surface area contributed by atoms with Crippen molar-refractivity contribution in [3.05, 3.63) is 81.8 Å². The Balaban J connectivity index is 1.62. The van der Waals surface area contributed by atoms with Crippen LogP contribution in [0.25, 0.3) is 5.52 Å². The van der Waals surface area contributed by atoms with Gasteiger partial charge in [-0.3, -0.25) is 14.1 Å². The van der Waals surface area contributed by atoms with Crippen LogP contribution in [0.5, 0.6) is 5.75 Å². The Morgan fingerprint density at radius 3 is 2.58 bits per heavy atom. The number of nitrogens with zero attached hydrogens (tertiary/aromatic N) is 3. The Kier molecular flexibility index (Phi) is 5.49. The molecule has 1 N–H and O–H groups in total. The van der Waals surface area contributed by atoms with Crippen LogP contribution in [0.1, 0.15) is 34.3 Å². The van der Waals surface area contributed by atoms with E-state index in [0.717, 1.165) is 16.9 Å². The van der Waals surface area contributed by atoms with Gasteiger partial charge >= 0.3 is 5.97 Å². The predicted molar refractivity (Wildman–Crippen MR) is 115 cm³/mol. The fraction of sp³-hybridized carbons (Fsp3) is 0.292. The molecule has 4 rings (SSSR count). The molecule has 31 heavy (non-hydrogen) atoms. The number of nitriles is 1. The first-order chi connectivity index (χ1) is 15.0. The second-order valence-corrected chi connectivity index (χ2v) is 7.82. The number of hydrogen-bond acceptors (Lipinski definition) is 5. The van der Waals surface area contributed by atoms with E-state index in [-0.39, 0.29) is 5.56 Å². The van der Waals surface area contributed by atoms with Crippen LogP contribution in [0.3, 0.4) is 0 Å². The van der Waals surface area contributed by atoms with E-state index in [9.17, 15) is 20.0 Å². The van der Waals surface area contributed by atoms with E-state index in [1.54, 1.807) is 19.4 Å². The zero-order valence-corrected chi connectivity index (χ0v) is 17.2. The molecule has 7 nitrogen and oxygen atoms in total. The minimum absolute atomic E-state index is 0.240. The Hall–Kier alpha value is -3.63. The third-order valence-corrected chi connectivity index (χ3v) is 6.13. The molecule has 0 aliphatic carbocycles. The average Bonchev–Trinajstić information content (AvgIpc) is 2.81. The topological polar surface area (TPSA) is 95.0 Å². The van der Waals surface area contributed by atoms with Gasteiger partial charge in [-0.15, -0.1) is 0 Å². The Bertz CT molecular complexity index is 1230. The number of piperidine rings is 1. The van der Waals surface area contributed by atoms with Crippen LogP contribution in [0.15, 0.2) is 59.5 Å². The standard InChI is InChI=1S/C24H23N3O4/c1-31-21-8-3-2-6-19(21)24(16-25)9-12-26(13-10-24)15-17-14-18(23(29)30)22(28)27-11-5-4-7-20(17)27/h2-8,11,14H,9-10,12-13,15H2,1H3,(H,29,30). The van der Waals surface area contributed by atoms with Crippen molar-refractivity contribution in [3.63, 3.8) is 0 Å². The second-order valence-electron chi connectivity index (χ2n) is 7.82. The van der Waals surface area contributed by atoms with E-state index in [2.05, 4.69) is 11.0 Å².